The molecule has 1 saturated carbocycles. The Hall–Kier alpha value is -3.41. The summed E-state index contributed by atoms with van der Waals surface area (Å²) in [5, 5.41) is 32.4. The van der Waals surface area contributed by atoms with Gasteiger partial charge in [-0.05, 0) is 107 Å². The lowest BCUT2D eigenvalue weighted by molar-refractivity contribution is -0.265. The van der Waals surface area contributed by atoms with E-state index in [2.05, 4.69) is 0 Å². The van der Waals surface area contributed by atoms with Gasteiger partial charge in [0.2, 0.25) is 5.79 Å². The minimum absolute atomic E-state index is 0.0322. The number of Topliss-reactive ketones (excluding diaryl/α,β-unsaturated/α-hetero) is 3. The molecule has 68 heavy (non-hydrogen) atoms. The average molecular weight is 958 g/mol. The molecular formula is C53H83NO14. The number of piperidine rings is 1. The van der Waals surface area contributed by atoms with E-state index in [4.69, 9.17) is 28.4 Å². The van der Waals surface area contributed by atoms with E-state index >= 15 is 0 Å². The zero-order valence-electron chi connectivity index (χ0n) is 42.4. The molecule has 1 aliphatic carbocycles. The van der Waals surface area contributed by atoms with E-state index < -0.39 is 71.8 Å². The first kappa shape index (κ1) is 57.2. The highest BCUT2D eigenvalue weighted by Crippen LogP contribution is 2.38. The third kappa shape index (κ3) is 15.3. The summed E-state index contributed by atoms with van der Waals surface area (Å²) in [7, 11) is 4.60. The Bertz CT molecular complexity index is 1810. The molecule has 384 valence electrons. The van der Waals surface area contributed by atoms with Crippen LogP contribution in [0.15, 0.2) is 47.6 Å². The SMILES string of the molecule is CO[C@@H]1/C(C)=C/[C@@H](C)C(=O)C[C@@H]([C@H](C)C[C@@H]2CC[C@@H](OCCO)[C@H](OC)C2)OC(=O)[C@@H]2CCCCN2C(=O)C(=O)[C@]2(O)O[C@@H](CC[C@H]2C)C[C@H](O)/C(C)=C/C=C/C=C/[C@@H](C)C[C@@H](C)C(=O)[C@@H]1OC. The van der Waals surface area contributed by atoms with Crippen LogP contribution < -0.4 is 0 Å². The Morgan fingerprint density at radius 3 is 2.24 bits per heavy atom. The molecule has 0 aromatic carbocycles. The van der Waals surface area contributed by atoms with Gasteiger partial charge in [0.25, 0.3) is 11.7 Å². The van der Waals surface area contributed by atoms with Crippen molar-refractivity contribution in [1.82, 2.24) is 4.90 Å². The molecule has 0 radical (unpaired) electrons. The predicted molar refractivity (Wildman–Crippen MR) is 256 cm³/mol. The molecule has 15 heteroatoms. The summed E-state index contributed by atoms with van der Waals surface area (Å²) in [5.74, 6) is -7.73. The van der Waals surface area contributed by atoms with E-state index in [0.717, 1.165) is 6.42 Å². The fourth-order valence-electron chi connectivity index (χ4n) is 10.5. The van der Waals surface area contributed by atoms with Crippen LogP contribution in [0, 0.1) is 35.5 Å². The van der Waals surface area contributed by atoms with Crippen molar-refractivity contribution in [2.75, 3.05) is 41.1 Å². The summed E-state index contributed by atoms with van der Waals surface area (Å²) < 4.78 is 35.7. The van der Waals surface area contributed by atoms with Gasteiger partial charge < -0.3 is 48.6 Å². The molecule has 0 aromatic heterocycles. The smallest absolute Gasteiger partial charge is 0.329 e. The predicted octanol–water partition coefficient (Wildman–Crippen LogP) is 6.20. The highest BCUT2D eigenvalue weighted by molar-refractivity contribution is 6.39. The summed E-state index contributed by atoms with van der Waals surface area (Å²) in [5.41, 5.74) is 1.27. The van der Waals surface area contributed by atoms with Crippen molar-refractivity contribution in [2.45, 2.75) is 180 Å². The van der Waals surface area contributed by atoms with Crippen LogP contribution in [-0.4, -0.2) is 145 Å². The monoisotopic (exact) mass is 958 g/mol. The number of rotatable bonds is 9. The minimum atomic E-state index is -2.48. The first-order valence-corrected chi connectivity index (χ1v) is 25.0. The number of methoxy groups -OCH3 is 3. The number of aliphatic hydroxyl groups is 3. The maximum absolute atomic E-state index is 14.5. The molecule has 3 fully saturated rings. The van der Waals surface area contributed by atoms with Crippen LogP contribution in [0.4, 0.5) is 0 Å². The number of ether oxygens (including phenoxy) is 6. The van der Waals surface area contributed by atoms with Gasteiger partial charge in [0.05, 0.1) is 37.6 Å². The first-order chi connectivity index (χ1) is 32.3. The number of allylic oxidation sites excluding steroid dienone is 6. The highest BCUT2D eigenvalue weighted by Gasteiger charge is 2.53. The van der Waals surface area contributed by atoms with Crippen molar-refractivity contribution in [2.24, 2.45) is 35.5 Å². The summed E-state index contributed by atoms with van der Waals surface area (Å²) in [4.78, 5) is 72.3. The number of amides is 1. The maximum atomic E-state index is 14.5. The fourth-order valence-corrected chi connectivity index (χ4v) is 10.5. The van der Waals surface area contributed by atoms with Crippen LogP contribution in [0.5, 0.6) is 0 Å². The third-order valence-electron chi connectivity index (χ3n) is 14.8. The number of fused-ring (bicyclic) bond motifs is 3. The molecule has 1 amide bonds. The van der Waals surface area contributed by atoms with Crippen molar-refractivity contribution < 1.29 is 67.7 Å². The summed E-state index contributed by atoms with van der Waals surface area (Å²) in [6, 6.07) is -1.15. The lowest BCUT2D eigenvalue weighted by Gasteiger charge is -2.42. The average Bonchev–Trinajstić information content (AvgIpc) is 3.32. The van der Waals surface area contributed by atoms with Gasteiger partial charge in [-0.15, -0.1) is 0 Å². The van der Waals surface area contributed by atoms with Crippen LogP contribution >= 0.6 is 0 Å². The van der Waals surface area contributed by atoms with Crippen LogP contribution in [-0.2, 0) is 52.4 Å². The van der Waals surface area contributed by atoms with Crippen LogP contribution in [0.1, 0.15) is 126 Å². The Morgan fingerprint density at radius 1 is 0.838 bits per heavy atom. The third-order valence-corrected chi connectivity index (χ3v) is 14.8. The molecule has 15 atom stereocenters. The van der Waals surface area contributed by atoms with Gasteiger partial charge in [-0.2, -0.15) is 0 Å². The Balaban J connectivity index is 1.70. The number of ketones is 3. The van der Waals surface area contributed by atoms with E-state index in [-0.39, 0.29) is 86.5 Å². The van der Waals surface area contributed by atoms with Gasteiger partial charge in [-0.1, -0.05) is 71.1 Å². The number of nitrogens with zero attached hydrogens (tertiary/aromatic N) is 1. The van der Waals surface area contributed by atoms with Crippen molar-refractivity contribution in [1.29, 1.82) is 0 Å². The molecular weight excluding hydrogens is 875 g/mol. The van der Waals surface area contributed by atoms with E-state index in [0.29, 0.717) is 62.5 Å². The number of carbonyl (C=O) groups excluding carboxylic acids is 5. The molecule has 4 aliphatic rings. The number of hydrogen-bond acceptors (Lipinski definition) is 14. The zero-order chi connectivity index (χ0) is 50.3. The second-order valence-corrected chi connectivity index (χ2v) is 20.2. The first-order valence-electron chi connectivity index (χ1n) is 25.0. The summed E-state index contributed by atoms with van der Waals surface area (Å²) in [6.07, 6.45) is 11.7. The van der Waals surface area contributed by atoms with Gasteiger partial charge >= 0.3 is 5.97 Å². The van der Waals surface area contributed by atoms with Gasteiger partial charge in [-0.25, -0.2) is 4.79 Å². The van der Waals surface area contributed by atoms with Crippen molar-refractivity contribution >= 4 is 29.2 Å². The quantitative estimate of drug-likeness (QED) is 0.134. The lowest BCUT2D eigenvalue weighted by atomic mass is 9.78. The lowest BCUT2D eigenvalue weighted by Crippen LogP contribution is -2.61. The van der Waals surface area contributed by atoms with Gasteiger partial charge in [-0.3, -0.25) is 19.2 Å². The van der Waals surface area contributed by atoms with Crippen molar-refractivity contribution in [3.63, 3.8) is 0 Å². The standard InChI is InChI=1S/C53H83NO14/c1-32-16-12-11-13-17-33(2)42(56)30-40-21-19-38(7)53(62,68-40)50(59)51(60)54-23-15-14-18-41(54)52(61)67-45(35(4)28-39-20-22-44(66-25-24-55)46(29-39)63-8)31-43(57)34(3)27-37(6)48(64-9)49(65-10)47(58)36(5)26-32/h11-13,16-17,27,32,34-36,38-42,44-46,48-49,55-56,62H,14-15,18-26,28-31H2,1-10H3/b13-11+,16-12+,33-17+,37-27+/t32-,34-,35-,36-,38-,39+,40+,41+,42+,44-,45+,46-,48-,49+,53-/m1/s1. The zero-order valence-corrected chi connectivity index (χ0v) is 42.4. The van der Waals surface area contributed by atoms with Gasteiger partial charge in [0, 0.05) is 58.5 Å². The van der Waals surface area contributed by atoms with Crippen LogP contribution in [0.3, 0.4) is 0 Å². The second-order valence-electron chi connectivity index (χ2n) is 20.2. The Kier molecular flexibility index (Phi) is 22.9. The van der Waals surface area contributed by atoms with Crippen LogP contribution in [0.25, 0.3) is 0 Å². The number of aliphatic hydroxyl groups excluding tert-OH is 2. The normalized spacial score (nSPS) is 39.2. The number of esters is 1. The number of carbonyl (C=O) groups is 5. The minimum Gasteiger partial charge on any atom is -0.460 e. The molecule has 3 heterocycles. The number of hydrogen-bond donors (Lipinski definition) is 3. The molecule has 4 rings (SSSR count). The van der Waals surface area contributed by atoms with Crippen molar-refractivity contribution in [3.8, 4) is 0 Å². The van der Waals surface area contributed by atoms with E-state index in [9.17, 15) is 39.3 Å². The van der Waals surface area contributed by atoms with E-state index in [1.807, 2.05) is 39.0 Å². The fraction of sp³-hybridized carbons (Fsp3) is 0.755. The topological polar surface area (TPSA) is 205 Å². The second kappa shape index (κ2) is 27.3. The molecule has 15 nitrogen and oxygen atoms in total. The molecule has 0 spiro atoms. The molecule has 3 aliphatic heterocycles. The summed E-state index contributed by atoms with van der Waals surface area (Å²) >= 11 is 0. The largest absolute Gasteiger partial charge is 0.460 e. The number of cyclic esters (lactones) is 1. The Morgan fingerprint density at radius 2 is 1.56 bits per heavy atom. The van der Waals surface area contributed by atoms with E-state index in [1.54, 1.807) is 53.0 Å². The Labute approximate surface area is 405 Å². The molecule has 2 bridgehead atoms. The van der Waals surface area contributed by atoms with E-state index in [1.165, 1.54) is 19.1 Å². The van der Waals surface area contributed by atoms with Crippen LogP contribution in [0.2, 0.25) is 0 Å². The molecule has 0 aromatic rings. The summed E-state index contributed by atoms with van der Waals surface area (Å²) in [6.45, 7) is 13.0. The van der Waals surface area contributed by atoms with Gasteiger partial charge in [0.15, 0.2) is 5.78 Å². The van der Waals surface area contributed by atoms with Gasteiger partial charge in [0.1, 0.15) is 30.1 Å². The highest BCUT2D eigenvalue weighted by atomic mass is 16.6. The maximum Gasteiger partial charge on any atom is 0.329 e. The molecule has 0 unspecified atom stereocenters. The molecule has 2 saturated heterocycles. The molecule has 3 N–H and O–H groups in total. The van der Waals surface area contributed by atoms with Crippen molar-refractivity contribution in [3.05, 3.63) is 47.6 Å².